The zero-order valence-electron chi connectivity index (χ0n) is 10.6. The maximum absolute atomic E-state index is 5.15. The number of H-pyrrole nitrogens is 2. The Labute approximate surface area is 115 Å². The Morgan fingerprint density at radius 2 is 2.05 bits per heavy atom. The van der Waals surface area contributed by atoms with Gasteiger partial charge in [0.05, 0.1) is 11.4 Å². The number of nitrogens with zero attached hydrogens (tertiary/aromatic N) is 1. The molecule has 0 radical (unpaired) electrons. The topological polar surface area (TPSA) is 44.5 Å². The van der Waals surface area contributed by atoms with E-state index in [9.17, 15) is 0 Å². The third-order valence-electron chi connectivity index (χ3n) is 3.85. The number of hydrogen-bond acceptors (Lipinski definition) is 2. The van der Waals surface area contributed by atoms with Crippen LogP contribution in [0.25, 0.3) is 22.3 Å². The van der Waals surface area contributed by atoms with E-state index in [1.54, 1.807) is 0 Å². The summed E-state index contributed by atoms with van der Waals surface area (Å²) in [7, 11) is 0. The average molecular weight is 267 g/mol. The number of hydrogen-bond donors (Lipinski definition) is 2. The van der Waals surface area contributed by atoms with Crippen molar-refractivity contribution < 1.29 is 0 Å². The van der Waals surface area contributed by atoms with Gasteiger partial charge < -0.3 is 9.97 Å². The molecule has 19 heavy (non-hydrogen) atoms. The van der Waals surface area contributed by atoms with Crippen molar-refractivity contribution in [3.05, 3.63) is 45.9 Å². The Bertz CT molecular complexity index is 857. The van der Waals surface area contributed by atoms with Crippen LogP contribution in [0, 0.1) is 11.7 Å². The molecule has 0 saturated heterocycles. The maximum atomic E-state index is 5.15. The van der Waals surface area contributed by atoms with E-state index in [1.807, 2.05) is 6.20 Å². The average Bonchev–Trinajstić information content (AvgIpc) is 2.77. The van der Waals surface area contributed by atoms with Crippen molar-refractivity contribution in [1.82, 2.24) is 15.0 Å². The first-order valence-corrected chi connectivity index (χ1v) is 6.83. The number of rotatable bonds is 0. The van der Waals surface area contributed by atoms with Crippen LogP contribution in [0.1, 0.15) is 16.7 Å². The molecule has 4 heteroatoms. The predicted octanol–water partition coefficient (Wildman–Crippen LogP) is 3.69. The Balaban J connectivity index is 2.09. The van der Waals surface area contributed by atoms with Gasteiger partial charge in [-0.25, -0.2) is 4.98 Å². The highest BCUT2D eigenvalue weighted by atomic mass is 32.1. The summed E-state index contributed by atoms with van der Waals surface area (Å²) in [4.78, 5) is 10.9. The molecule has 0 fully saturated rings. The second-order valence-electron chi connectivity index (χ2n) is 5.12. The normalized spacial score (nSPS) is 13.3. The van der Waals surface area contributed by atoms with Crippen LogP contribution in [0.15, 0.2) is 24.4 Å². The molecule has 1 aromatic carbocycles. The van der Waals surface area contributed by atoms with E-state index in [-0.39, 0.29) is 0 Å². The first kappa shape index (κ1) is 10.9. The minimum atomic E-state index is 0.543. The fourth-order valence-corrected chi connectivity index (χ4v) is 3.08. The summed E-state index contributed by atoms with van der Waals surface area (Å²) < 4.78 is 0.543. The molecule has 0 amide bonds. The number of aryl methyl sites for hydroxylation is 3. The van der Waals surface area contributed by atoms with Crippen LogP contribution in [0.5, 0.6) is 0 Å². The lowest BCUT2D eigenvalue weighted by atomic mass is 9.93. The Kier molecular flexibility index (Phi) is 2.17. The number of benzene rings is 1. The number of aromatic nitrogens is 3. The summed E-state index contributed by atoms with van der Waals surface area (Å²) in [6, 6.07) is 6.55. The summed E-state index contributed by atoms with van der Waals surface area (Å²) >= 11 is 5.15. The quantitative estimate of drug-likeness (QED) is 0.610. The molecule has 1 aliphatic rings. The van der Waals surface area contributed by atoms with Crippen LogP contribution in [-0.2, 0) is 12.8 Å². The van der Waals surface area contributed by atoms with Gasteiger partial charge in [-0.15, -0.1) is 0 Å². The Morgan fingerprint density at radius 3 is 2.95 bits per heavy atom. The lowest BCUT2D eigenvalue weighted by Crippen LogP contribution is -2.05. The van der Waals surface area contributed by atoms with Gasteiger partial charge in [-0.1, -0.05) is 11.6 Å². The highest BCUT2D eigenvalue weighted by Crippen LogP contribution is 2.36. The summed E-state index contributed by atoms with van der Waals surface area (Å²) in [6.45, 7) is 2.13. The van der Waals surface area contributed by atoms with Gasteiger partial charge in [0.15, 0.2) is 4.77 Å². The molecule has 0 atom stereocenters. The van der Waals surface area contributed by atoms with Crippen LogP contribution in [0.4, 0.5) is 0 Å². The van der Waals surface area contributed by atoms with E-state index >= 15 is 0 Å². The zero-order chi connectivity index (χ0) is 13.0. The van der Waals surface area contributed by atoms with Crippen LogP contribution in [0.2, 0.25) is 0 Å². The molecular formula is C15H13N3S. The fraction of sp³-hybridized carbons (Fsp3) is 0.200. The fourth-order valence-electron chi connectivity index (χ4n) is 2.93. The lowest BCUT2D eigenvalue weighted by Gasteiger charge is -2.15. The first-order chi connectivity index (χ1) is 9.22. The lowest BCUT2D eigenvalue weighted by molar-refractivity contribution is 0.909. The Hall–Kier alpha value is -1.94. The van der Waals surface area contributed by atoms with Crippen molar-refractivity contribution in [3.8, 4) is 11.4 Å². The van der Waals surface area contributed by atoms with Crippen molar-refractivity contribution >= 4 is 23.1 Å². The van der Waals surface area contributed by atoms with Gasteiger partial charge in [0, 0.05) is 17.1 Å². The predicted molar refractivity (Wildman–Crippen MR) is 78.9 cm³/mol. The number of fused-ring (bicyclic) bond motifs is 5. The number of nitrogens with one attached hydrogen (secondary N) is 2. The van der Waals surface area contributed by atoms with Crippen LogP contribution >= 0.6 is 12.2 Å². The molecule has 4 rings (SSSR count). The summed E-state index contributed by atoms with van der Waals surface area (Å²) in [5, 5.41) is 1.33. The molecule has 0 aliphatic heterocycles. The van der Waals surface area contributed by atoms with Gasteiger partial charge in [-0.05, 0) is 55.2 Å². The summed E-state index contributed by atoms with van der Waals surface area (Å²) in [6.07, 6.45) is 3.97. The molecule has 94 valence electrons. The van der Waals surface area contributed by atoms with E-state index in [0.717, 1.165) is 18.5 Å². The zero-order valence-corrected chi connectivity index (χ0v) is 11.4. The van der Waals surface area contributed by atoms with E-state index in [4.69, 9.17) is 12.2 Å². The smallest absolute Gasteiger partial charge is 0.197 e. The van der Waals surface area contributed by atoms with Crippen molar-refractivity contribution in [1.29, 1.82) is 0 Å². The molecule has 0 unspecified atom stereocenters. The van der Waals surface area contributed by atoms with E-state index < -0.39 is 0 Å². The van der Waals surface area contributed by atoms with Crippen molar-refractivity contribution in [2.75, 3.05) is 0 Å². The van der Waals surface area contributed by atoms with Gasteiger partial charge in [0.2, 0.25) is 0 Å². The van der Waals surface area contributed by atoms with E-state index in [1.165, 1.54) is 33.3 Å². The largest absolute Gasteiger partial charge is 0.353 e. The van der Waals surface area contributed by atoms with Crippen molar-refractivity contribution in [3.63, 3.8) is 0 Å². The molecule has 3 nitrogen and oxygen atoms in total. The van der Waals surface area contributed by atoms with Crippen molar-refractivity contribution in [2.24, 2.45) is 0 Å². The number of aromatic amines is 2. The van der Waals surface area contributed by atoms with Gasteiger partial charge >= 0.3 is 0 Å². The van der Waals surface area contributed by atoms with Gasteiger partial charge in [0.25, 0.3) is 0 Å². The molecule has 2 N–H and O–H groups in total. The van der Waals surface area contributed by atoms with Gasteiger partial charge in [-0.3, -0.25) is 0 Å². The van der Waals surface area contributed by atoms with Crippen LogP contribution in [0.3, 0.4) is 0 Å². The van der Waals surface area contributed by atoms with Crippen LogP contribution < -0.4 is 0 Å². The first-order valence-electron chi connectivity index (χ1n) is 6.42. The SMILES string of the molecule is Cc1ccc2[nH]c3c(c2c1)CCc1cnc(=S)[nH]c1-3. The molecule has 1 aliphatic carbocycles. The van der Waals surface area contributed by atoms with Gasteiger partial charge in [0.1, 0.15) is 0 Å². The molecule has 2 heterocycles. The minimum Gasteiger partial charge on any atom is -0.353 e. The molecule has 0 saturated carbocycles. The summed E-state index contributed by atoms with van der Waals surface area (Å²) in [5.41, 5.74) is 7.40. The standard InChI is InChI=1S/C15H13N3S/c1-8-2-5-12-11(6-8)10-4-3-9-7-16-15(19)18-13(9)14(10)17-12/h2,5-7,17H,3-4H2,1H3,(H,16,18,19). The molecule has 0 spiro atoms. The minimum absolute atomic E-state index is 0.543. The van der Waals surface area contributed by atoms with Gasteiger partial charge in [-0.2, -0.15) is 0 Å². The third-order valence-corrected chi connectivity index (χ3v) is 4.05. The second kappa shape index (κ2) is 3.78. The highest BCUT2D eigenvalue weighted by molar-refractivity contribution is 7.71. The van der Waals surface area contributed by atoms with Crippen molar-refractivity contribution in [2.45, 2.75) is 19.8 Å². The molecule has 3 aromatic rings. The maximum Gasteiger partial charge on any atom is 0.197 e. The molecule has 0 bridgehead atoms. The second-order valence-corrected chi connectivity index (χ2v) is 5.50. The monoisotopic (exact) mass is 267 g/mol. The van der Waals surface area contributed by atoms with E-state index in [2.05, 4.69) is 40.1 Å². The molecular weight excluding hydrogens is 254 g/mol. The Morgan fingerprint density at radius 1 is 1.16 bits per heavy atom. The molecule has 2 aromatic heterocycles. The third kappa shape index (κ3) is 1.56. The highest BCUT2D eigenvalue weighted by Gasteiger charge is 2.21. The summed E-state index contributed by atoms with van der Waals surface area (Å²) in [5.74, 6) is 0. The van der Waals surface area contributed by atoms with Crippen LogP contribution in [-0.4, -0.2) is 15.0 Å². The van der Waals surface area contributed by atoms with E-state index in [0.29, 0.717) is 4.77 Å².